The smallest absolute Gasteiger partial charge is 0.306 e. The van der Waals surface area contributed by atoms with Gasteiger partial charge >= 0.3 is 5.97 Å². The van der Waals surface area contributed by atoms with Crippen molar-refractivity contribution in [3.63, 3.8) is 0 Å². The molecule has 4 nitrogen and oxygen atoms in total. The van der Waals surface area contributed by atoms with E-state index in [1.807, 2.05) is 0 Å². The molecule has 108 valence electrons. The number of rotatable bonds is 4. The molecule has 0 aromatic heterocycles. The summed E-state index contributed by atoms with van der Waals surface area (Å²) < 4.78 is 1.01. The first-order chi connectivity index (χ1) is 9.10. The Morgan fingerprint density at radius 2 is 2.11 bits per heavy atom. The van der Waals surface area contributed by atoms with Gasteiger partial charge in [0.1, 0.15) is 4.32 Å². The summed E-state index contributed by atoms with van der Waals surface area (Å²) in [4.78, 5) is 15.6. The zero-order chi connectivity index (χ0) is 13.8. The molecular formula is C13H22N2O2S2. The topological polar surface area (TPSA) is 43.8 Å². The Hall–Kier alpha value is -0.330. The van der Waals surface area contributed by atoms with Gasteiger partial charge in [0.05, 0.1) is 18.5 Å². The van der Waals surface area contributed by atoms with E-state index >= 15 is 0 Å². The van der Waals surface area contributed by atoms with Crippen LogP contribution in [0.3, 0.4) is 0 Å². The van der Waals surface area contributed by atoms with Gasteiger partial charge in [-0.1, -0.05) is 24.0 Å². The van der Waals surface area contributed by atoms with E-state index in [1.165, 1.54) is 0 Å². The van der Waals surface area contributed by atoms with Gasteiger partial charge in [-0.2, -0.15) is 0 Å². The molecule has 0 amide bonds. The molecule has 1 aliphatic carbocycles. The van der Waals surface area contributed by atoms with Gasteiger partial charge in [-0.3, -0.25) is 9.69 Å². The molecule has 0 bridgehead atoms. The van der Waals surface area contributed by atoms with Crippen molar-refractivity contribution in [2.75, 3.05) is 25.6 Å². The van der Waals surface area contributed by atoms with Crippen LogP contribution >= 0.6 is 24.0 Å². The molecule has 19 heavy (non-hydrogen) atoms. The minimum absolute atomic E-state index is 0.105. The lowest BCUT2D eigenvalue weighted by Crippen LogP contribution is -2.46. The number of carboxylic acids is 1. The number of thiocarbonyl (C=S) groups is 1. The van der Waals surface area contributed by atoms with Crippen molar-refractivity contribution in [1.29, 1.82) is 0 Å². The van der Waals surface area contributed by atoms with Crippen LogP contribution in [0.2, 0.25) is 0 Å². The summed E-state index contributed by atoms with van der Waals surface area (Å²) in [6.45, 7) is 5.11. The lowest BCUT2D eigenvalue weighted by Gasteiger charge is -2.38. The van der Waals surface area contributed by atoms with Gasteiger partial charge in [0.2, 0.25) is 0 Å². The molecule has 1 heterocycles. The summed E-state index contributed by atoms with van der Waals surface area (Å²) >= 11 is 7.07. The molecule has 1 aliphatic heterocycles. The van der Waals surface area contributed by atoms with Gasteiger partial charge in [0.25, 0.3) is 0 Å². The third-order valence-corrected chi connectivity index (χ3v) is 5.70. The van der Waals surface area contributed by atoms with Crippen LogP contribution in [0, 0.1) is 11.8 Å². The second-order valence-electron chi connectivity index (χ2n) is 5.45. The fourth-order valence-electron chi connectivity index (χ4n) is 2.87. The zero-order valence-corrected chi connectivity index (χ0v) is 13.0. The first-order valence-corrected chi connectivity index (χ1v) is 8.36. The molecule has 1 saturated heterocycles. The SMILES string of the molecule is CCN1CN(CC2CCC(C(=O)O)CC2)CSC1=S. The number of carboxylic acid groups (broad SMARTS) is 1. The molecule has 2 rings (SSSR count). The lowest BCUT2D eigenvalue weighted by atomic mass is 9.82. The van der Waals surface area contributed by atoms with Gasteiger partial charge in [-0.25, -0.2) is 0 Å². The van der Waals surface area contributed by atoms with Crippen LogP contribution in [-0.2, 0) is 4.79 Å². The van der Waals surface area contributed by atoms with Crippen LogP contribution in [0.5, 0.6) is 0 Å². The van der Waals surface area contributed by atoms with Gasteiger partial charge < -0.3 is 10.0 Å². The number of hydrogen-bond acceptors (Lipinski definition) is 4. The molecule has 0 unspecified atom stereocenters. The summed E-state index contributed by atoms with van der Waals surface area (Å²) in [7, 11) is 0. The third-order valence-electron chi connectivity index (χ3n) is 4.09. The summed E-state index contributed by atoms with van der Waals surface area (Å²) in [6, 6.07) is 0. The number of carbonyl (C=O) groups is 1. The van der Waals surface area contributed by atoms with Crippen LogP contribution in [0.1, 0.15) is 32.6 Å². The number of thioether (sulfide) groups is 1. The maximum absolute atomic E-state index is 10.9. The maximum Gasteiger partial charge on any atom is 0.306 e. The van der Waals surface area contributed by atoms with Gasteiger partial charge in [-0.15, -0.1) is 0 Å². The number of nitrogens with zero attached hydrogens (tertiary/aromatic N) is 2. The highest BCUT2D eigenvalue weighted by atomic mass is 32.2. The van der Waals surface area contributed by atoms with Crippen molar-refractivity contribution in [1.82, 2.24) is 9.80 Å². The van der Waals surface area contributed by atoms with Crippen molar-refractivity contribution in [3.05, 3.63) is 0 Å². The quantitative estimate of drug-likeness (QED) is 0.805. The fourth-order valence-corrected chi connectivity index (χ4v) is 4.07. The van der Waals surface area contributed by atoms with Gasteiger partial charge in [-0.05, 0) is 38.5 Å². The second kappa shape index (κ2) is 6.90. The van der Waals surface area contributed by atoms with E-state index in [1.54, 1.807) is 11.8 Å². The first kappa shape index (κ1) is 15.1. The highest BCUT2D eigenvalue weighted by Gasteiger charge is 2.28. The van der Waals surface area contributed by atoms with E-state index in [0.29, 0.717) is 5.92 Å². The van der Waals surface area contributed by atoms with Crippen molar-refractivity contribution < 1.29 is 9.90 Å². The van der Waals surface area contributed by atoms with Crippen LogP contribution < -0.4 is 0 Å². The van der Waals surface area contributed by atoms with Crippen molar-refractivity contribution in [2.24, 2.45) is 11.8 Å². The molecule has 0 spiro atoms. The van der Waals surface area contributed by atoms with E-state index < -0.39 is 5.97 Å². The zero-order valence-electron chi connectivity index (χ0n) is 11.4. The molecule has 1 N–H and O–H groups in total. The highest BCUT2D eigenvalue weighted by molar-refractivity contribution is 8.22. The Labute approximate surface area is 124 Å². The Kier molecular flexibility index (Phi) is 5.47. The average Bonchev–Trinajstić information content (AvgIpc) is 2.41. The molecule has 2 fully saturated rings. The molecule has 0 aromatic rings. The van der Waals surface area contributed by atoms with Crippen molar-refractivity contribution in [2.45, 2.75) is 32.6 Å². The molecule has 0 radical (unpaired) electrons. The Bertz CT molecular complexity index is 344. The molecular weight excluding hydrogens is 280 g/mol. The van der Waals surface area contributed by atoms with Crippen LogP contribution in [-0.4, -0.2) is 50.8 Å². The minimum Gasteiger partial charge on any atom is -0.481 e. The maximum atomic E-state index is 10.9. The minimum atomic E-state index is -0.616. The van der Waals surface area contributed by atoms with Crippen LogP contribution in [0.15, 0.2) is 0 Å². The van der Waals surface area contributed by atoms with Gasteiger partial charge in [0, 0.05) is 13.1 Å². The van der Waals surface area contributed by atoms with E-state index in [0.717, 1.165) is 55.6 Å². The standard InChI is InChI=1S/C13H22N2O2S2/c1-2-15-8-14(9-19-13(15)18)7-10-3-5-11(6-4-10)12(16)17/h10-11H,2-9H2,1H3,(H,16,17). The van der Waals surface area contributed by atoms with E-state index in [2.05, 4.69) is 16.7 Å². The van der Waals surface area contributed by atoms with E-state index in [4.69, 9.17) is 17.3 Å². The molecule has 0 atom stereocenters. The predicted molar refractivity (Wildman–Crippen MR) is 82.1 cm³/mol. The Morgan fingerprint density at radius 3 is 2.68 bits per heavy atom. The molecule has 1 saturated carbocycles. The third kappa shape index (κ3) is 4.07. The Morgan fingerprint density at radius 1 is 1.42 bits per heavy atom. The largest absolute Gasteiger partial charge is 0.481 e. The predicted octanol–water partition coefficient (Wildman–Crippen LogP) is 2.45. The monoisotopic (exact) mass is 302 g/mol. The summed E-state index contributed by atoms with van der Waals surface area (Å²) in [5, 5.41) is 9.01. The molecule has 6 heteroatoms. The first-order valence-electron chi connectivity index (χ1n) is 6.97. The van der Waals surface area contributed by atoms with Crippen molar-refractivity contribution in [3.8, 4) is 0 Å². The molecule has 2 aliphatic rings. The summed E-state index contributed by atoms with van der Waals surface area (Å²) in [5.74, 6) is 0.913. The number of aliphatic carboxylic acids is 1. The Balaban J connectivity index is 1.76. The van der Waals surface area contributed by atoms with Gasteiger partial charge in [0.15, 0.2) is 0 Å². The average molecular weight is 302 g/mol. The summed E-state index contributed by atoms with van der Waals surface area (Å²) in [5.41, 5.74) is 0. The summed E-state index contributed by atoms with van der Waals surface area (Å²) in [6.07, 6.45) is 3.79. The number of hydrogen-bond donors (Lipinski definition) is 1. The molecule has 0 aromatic carbocycles. The highest BCUT2D eigenvalue weighted by Crippen LogP contribution is 2.30. The fraction of sp³-hybridized carbons (Fsp3) is 0.846. The second-order valence-corrected chi connectivity index (χ2v) is 7.02. The van der Waals surface area contributed by atoms with E-state index in [9.17, 15) is 4.79 Å². The van der Waals surface area contributed by atoms with Crippen LogP contribution in [0.4, 0.5) is 0 Å². The van der Waals surface area contributed by atoms with Crippen LogP contribution in [0.25, 0.3) is 0 Å². The normalized spacial score (nSPS) is 29.5. The van der Waals surface area contributed by atoms with Crippen molar-refractivity contribution >= 4 is 34.3 Å². The lowest BCUT2D eigenvalue weighted by molar-refractivity contribution is -0.143. The van der Waals surface area contributed by atoms with E-state index in [-0.39, 0.29) is 5.92 Å².